The van der Waals surface area contributed by atoms with Gasteiger partial charge in [-0.05, 0) is 43.2 Å². The molecule has 1 nitrogen and oxygen atoms in total. The van der Waals surface area contributed by atoms with Crippen LogP contribution in [0, 0.1) is 0 Å². The summed E-state index contributed by atoms with van der Waals surface area (Å²) in [5.74, 6) is 1.11. The van der Waals surface area contributed by atoms with E-state index in [9.17, 15) is 0 Å². The molecule has 0 radical (unpaired) electrons. The molecular formula is C15H17ClO. The van der Waals surface area contributed by atoms with E-state index < -0.39 is 0 Å². The summed E-state index contributed by atoms with van der Waals surface area (Å²) in [7, 11) is 0. The van der Waals surface area contributed by atoms with Gasteiger partial charge < -0.3 is 4.74 Å². The molecule has 0 saturated carbocycles. The Labute approximate surface area is 107 Å². The summed E-state index contributed by atoms with van der Waals surface area (Å²) < 4.78 is 5.86. The quantitative estimate of drug-likeness (QED) is 0.678. The van der Waals surface area contributed by atoms with E-state index in [1.165, 1.54) is 23.1 Å². The van der Waals surface area contributed by atoms with Crippen molar-refractivity contribution < 1.29 is 4.74 Å². The van der Waals surface area contributed by atoms with E-state index in [1.54, 1.807) is 0 Å². The van der Waals surface area contributed by atoms with Crippen LogP contribution in [-0.4, -0.2) is 12.0 Å². The van der Waals surface area contributed by atoms with Crippen LogP contribution in [0.25, 0.3) is 5.57 Å². The molecule has 1 unspecified atom stereocenters. The van der Waals surface area contributed by atoms with Crippen molar-refractivity contribution in [3.8, 4) is 5.75 Å². The molecule has 0 aromatic heterocycles. The Bertz CT molecular complexity index is 450. The largest absolute Gasteiger partial charge is 0.493 e. The van der Waals surface area contributed by atoms with E-state index >= 15 is 0 Å². The van der Waals surface area contributed by atoms with Crippen LogP contribution in [0.15, 0.2) is 24.3 Å². The highest BCUT2D eigenvalue weighted by molar-refractivity contribution is 6.22. The minimum atomic E-state index is 0.193. The maximum absolute atomic E-state index is 6.23. The molecule has 3 rings (SSSR count). The van der Waals surface area contributed by atoms with Gasteiger partial charge >= 0.3 is 0 Å². The molecule has 0 bridgehead atoms. The van der Waals surface area contributed by atoms with Gasteiger partial charge in [-0.1, -0.05) is 24.3 Å². The molecule has 1 heterocycles. The average molecular weight is 249 g/mol. The highest BCUT2D eigenvalue weighted by Crippen LogP contribution is 2.38. The number of benzene rings is 1. The summed E-state index contributed by atoms with van der Waals surface area (Å²) in [6, 6.07) is 6.49. The third-order valence-electron chi connectivity index (χ3n) is 3.59. The fourth-order valence-corrected chi connectivity index (χ4v) is 3.05. The van der Waals surface area contributed by atoms with Gasteiger partial charge in [0, 0.05) is 5.56 Å². The minimum absolute atomic E-state index is 0.193. The number of alkyl halides is 1. The first-order valence-electron chi connectivity index (χ1n) is 6.44. The van der Waals surface area contributed by atoms with Crippen LogP contribution in [0.5, 0.6) is 5.75 Å². The Morgan fingerprint density at radius 3 is 3.00 bits per heavy atom. The topological polar surface area (TPSA) is 9.23 Å². The zero-order chi connectivity index (χ0) is 11.7. The number of hydrogen-bond donors (Lipinski definition) is 0. The van der Waals surface area contributed by atoms with E-state index in [0.717, 1.165) is 38.0 Å². The normalized spacial score (nSPS) is 23.6. The standard InChI is InChI=1S/C15H17ClO/c16-13-7-1-5-12(10-13)14-8-2-4-11-6-3-9-17-15(11)14/h2,4,8,10,13H,1,3,5-7,9H2. The molecule has 1 atom stereocenters. The SMILES string of the molecule is ClC1C=C(c2cccc3c2OCCC3)CCC1. The maximum atomic E-state index is 6.23. The second-order valence-corrected chi connectivity index (χ2v) is 5.41. The zero-order valence-corrected chi connectivity index (χ0v) is 10.7. The first-order valence-corrected chi connectivity index (χ1v) is 6.88. The van der Waals surface area contributed by atoms with Crippen LogP contribution < -0.4 is 4.74 Å². The van der Waals surface area contributed by atoms with Gasteiger partial charge in [0.15, 0.2) is 0 Å². The maximum Gasteiger partial charge on any atom is 0.129 e. The molecule has 1 aliphatic heterocycles. The second kappa shape index (κ2) is 4.73. The molecule has 2 aliphatic rings. The molecular weight excluding hydrogens is 232 g/mol. The fraction of sp³-hybridized carbons (Fsp3) is 0.467. The molecule has 0 fully saturated rings. The van der Waals surface area contributed by atoms with Crippen molar-refractivity contribution >= 4 is 17.2 Å². The molecule has 0 N–H and O–H groups in total. The number of ether oxygens (including phenoxy) is 1. The van der Waals surface area contributed by atoms with E-state index in [2.05, 4.69) is 24.3 Å². The van der Waals surface area contributed by atoms with Crippen LogP contribution in [0.3, 0.4) is 0 Å². The molecule has 1 aliphatic carbocycles. The van der Waals surface area contributed by atoms with Gasteiger partial charge in [-0.25, -0.2) is 0 Å². The lowest BCUT2D eigenvalue weighted by Crippen LogP contribution is -2.11. The smallest absolute Gasteiger partial charge is 0.129 e. The molecule has 0 amide bonds. The van der Waals surface area contributed by atoms with Crippen LogP contribution in [0.4, 0.5) is 0 Å². The third-order valence-corrected chi connectivity index (χ3v) is 3.93. The second-order valence-electron chi connectivity index (χ2n) is 4.85. The van der Waals surface area contributed by atoms with Crippen LogP contribution in [-0.2, 0) is 6.42 Å². The highest BCUT2D eigenvalue weighted by Gasteiger charge is 2.19. The Morgan fingerprint density at radius 1 is 1.18 bits per heavy atom. The summed E-state index contributed by atoms with van der Waals surface area (Å²) in [6.07, 6.45) is 7.89. The molecule has 0 saturated heterocycles. The lowest BCUT2D eigenvalue weighted by molar-refractivity contribution is 0.287. The van der Waals surface area contributed by atoms with Gasteiger partial charge in [0.2, 0.25) is 0 Å². The lowest BCUT2D eigenvalue weighted by atomic mass is 9.90. The van der Waals surface area contributed by atoms with E-state index in [4.69, 9.17) is 16.3 Å². The first-order chi connectivity index (χ1) is 8.34. The van der Waals surface area contributed by atoms with Gasteiger partial charge in [-0.2, -0.15) is 0 Å². The first kappa shape index (κ1) is 11.2. The highest BCUT2D eigenvalue weighted by atomic mass is 35.5. The van der Waals surface area contributed by atoms with Crippen molar-refractivity contribution in [1.82, 2.24) is 0 Å². The summed E-state index contributed by atoms with van der Waals surface area (Å²) in [6.45, 7) is 0.849. The number of rotatable bonds is 1. The molecule has 17 heavy (non-hydrogen) atoms. The zero-order valence-electron chi connectivity index (χ0n) is 9.92. The van der Waals surface area contributed by atoms with Crippen molar-refractivity contribution in [3.05, 3.63) is 35.4 Å². The molecule has 90 valence electrons. The van der Waals surface area contributed by atoms with Crippen molar-refractivity contribution in [2.45, 2.75) is 37.5 Å². The molecule has 0 spiro atoms. The van der Waals surface area contributed by atoms with E-state index in [0.29, 0.717) is 0 Å². The molecule has 1 aromatic carbocycles. The van der Waals surface area contributed by atoms with Gasteiger partial charge in [-0.15, -0.1) is 11.6 Å². The summed E-state index contributed by atoms with van der Waals surface area (Å²) in [5, 5.41) is 0.193. The number of hydrogen-bond acceptors (Lipinski definition) is 1. The predicted molar refractivity (Wildman–Crippen MR) is 71.7 cm³/mol. The Kier molecular flexibility index (Phi) is 3.11. The minimum Gasteiger partial charge on any atom is -0.493 e. The fourth-order valence-electron chi connectivity index (χ4n) is 2.74. The summed E-state index contributed by atoms with van der Waals surface area (Å²) in [4.78, 5) is 0. The lowest BCUT2D eigenvalue weighted by Gasteiger charge is -2.23. The van der Waals surface area contributed by atoms with Crippen molar-refractivity contribution in [2.24, 2.45) is 0 Å². The van der Waals surface area contributed by atoms with Crippen LogP contribution in [0.2, 0.25) is 0 Å². The molecule has 1 aromatic rings. The van der Waals surface area contributed by atoms with Crippen molar-refractivity contribution in [3.63, 3.8) is 0 Å². The Morgan fingerprint density at radius 2 is 2.12 bits per heavy atom. The molecule has 2 heteroatoms. The van der Waals surface area contributed by atoms with Crippen molar-refractivity contribution in [2.75, 3.05) is 6.61 Å². The summed E-state index contributed by atoms with van der Waals surface area (Å²) >= 11 is 6.23. The third kappa shape index (κ3) is 2.21. The Balaban J connectivity index is 2.02. The number of allylic oxidation sites excluding steroid dienone is 2. The van der Waals surface area contributed by atoms with Gasteiger partial charge in [0.1, 0.15) is 5.75 Å². The number of aryl methyl sites for hydroxylation is 1. The monoisotopic (exact) mass is 248 g/mol. The average Bonchev–Trinajstić information content (AvgIpc) is 2.38. The van der Waals surface area contributed by atoms with Gasteiger partial charge in [0.05, 0.1) is 12.0 Å². The van der Waals surface area contributed by atoms with Crippen LogP contribution in [0.1, 0.15) is 36.8 Å². The Hall–Kier alpha value is -0.950. The number of para-hydroxylation sites is 1. The van der Waals surface area contributed by atoms with Crippen LogP contribution >= 0.6 is 11.6 Å². The number of halogens is 1. The summed E-state index contributed by atoms with van der Waals surface area (Å²) in [5.41, 5.74) is 3.99. The van der Waals surface area contributed by atoms with E-state index in [-0.39, 0.29) is 5.38 Å². The van der Waals surface area contributed by atoms with Gasteiger partial charge in [-0.3, -0.25) is 0 Å². The predicted octanol–water partition coefficient (Wildman–Crippen LogP) is 4.19. The van der Waals surface area contributed by atoms with Crippen molar-refractivity contribution in [1.29, 1.82) is 0 Å². The van der Waals surface area contributed by atoms with E-state index in [1.807, 2.05) is 0 Å². The van der Waals surface area contributed by atoms with Gasteiger partial charge in [0.25, 0.3) is 0 Å². The number of fused-ring (bicyclic) bond motifs is 1.